The third kappa shape index (κ3) is 14.2. The number of carbonyl (C=O) groups is 4. The lowest BCUT2D eigenvalue weighted by molar-refractivity contribution is -0.584. The molecule has 93 heavy (non-hydrogen) atoms. The SMILES string of the molecule is COC(=O)N[C@H]1[C@@H](C)O[C@@H](O[C@H]2CC=C(C)[C@@H]3C=C[C@@H]4[C@@H](O[C@H]5C[C@@H](O[C@H]6CC[C@@H](O[C@@H]7C[C@@H](O)[C@@H](O[C@H]8CC[C@@H](O)[C@H](C)O8)[C@H](C)O7)[C@H](C)O6)[C@@H](OC(C)=O)[C@H](C)O5)[C@@H](C)C[C@H](C)[C@H]4[C@]3(C)C(O)=C3C(=O)O[C@]4(C[C@H](CO)C[C@H](O)C4C=C2C)C3=O)C[C@]1(C)[N+](=O)[O-]. The number of amides is 1. The van der Waals surface area contributed by atoms with Gasteiger partial charge in [-0.05, 0) is 110 Å². The maximum absolute atomic E-state index is 15.6. The maximum Gasteiger partial charge on any atom is 0.407 e. The van der Waals surface area contributed by atoms with Crippen LogP contribution in [0.15, 0.2) is 46.8 Å². The lowest BCUT2D eigenvalue weighted by Gasteiger charge is -2.56. The molecule has 6 N–H and O–H groups in total. The Morgan fingerprint density at radius 2 is 1.33 bits per heavy atom. The van der Waals surface area contributed by atoms with Gasteiger partial charge in [-0.1, -0.05) is 50.6 Å². The van der Waals surface area contributed by atoms with E-state index in [1.54, 1.807) is 33.8 Å². The van der Waals surface area contributed by atoms with Crippen molar-refractivity contribution < 1.29 is 111 Å². The van der Waals surface area contributed by atoms with Gasteiger partial charge in [0.2, 0.25) is 11.3 Å². The van der Waals surface area contributed by atoms with E-state index in [4.69, 9.17) is 61.6 Å². The molecule has 26 nitrogen and oxygen atoms in total. The number of aliphatic hydroxyl groups excluding tert-OH is 5. The van der Waals surface area contributed by atoms with Crippen molar-refractivity contribution in [3.05, 3.63) is 56.9 Å². The summed E-state index contributed by atoms with van der Waals surface area (Å²) in [5.74, 6) is -6.69. The Balaban J connectivity index is 0.902. The van der Waals surface area contributed by atoms with Gasteiger partial charge in [-0.15, -0.1) is 0 Å². The van der Waals surface area contributed by atoms with E-state index >= 15 is 4.79 Å². The quantitative estimate of drug-likeness (QED) is 0.0280. The average molecular weight is 1320 g/mol. The van der Waals surface area contributed by atoms with Crippen molar-refractivity contribution in [3.63, 3.8) is 0 Å². The summed E-state index contributed by atoms with van der Waals surface area (Å²) in [4.78, 5) is 68.0. The van der Waals surface area contributed by atoms with E-state index in [1.807, 2.05) is 39.8 Å². The van der Waals surface area contributed by atoms with Crippen LogP contribution >= 0.6 is 0 Å². The Kier molecular flexibility index (Phi) is 21.8. The smallest absolute Gasteiger partial charge is 0.407 e. The first-order chi connectivity index (χ1) is 43.9. The molecule has 6 heterocycles. The number of ketones is 1. The third-order valence-electron chi connectivity index (χ3n) is 22.2. The number of methoxy groups -OCH3 is 1. The highest BCUT2D eigenvalue weighted by Crippen LogP contribution is 2.61. The molecule has 1 spiro atoms. The number of hydrogen-bond acceptors (Lipinski definition) is 24. The number of esters is 2. The number of alkyl carbamates (subject to hydrolysis) is 1. The zero-order valence-corrected chi connectivity index (χ0v) is 55.8. The summed E-state index contributed by atoms with van der Waals surface area (Å²) in [5, 5.41) is 72.8. The van der Waals surface area contributed by atoms with Gasteiger partial charge in [0.25, 0.3) is 0 Å². The lowest BCUT2D eigenvalue weighted by Crippen LogP contribution is -2.65. The molecular weight excluding hydrogens is 1220 g/mol. The van der Waals surface area contributed by atoms with E-state index < -0.39 is 216 Å². The summed E-state index contributed by atoms with van der Waals surface area (Å²) in [6.45, 7) is 20.8. The van der Waals surface area contributed by atoms with Crippen LogP contribution < -0.4 is 5.32 Å². The Labute approximate surface area is 543 Å². The van der Waals surface area contributed by atoms with E-state index in [2.05, 4.69) is 25.2 Å². The first-order valence-corrected chi connectivity index (χ1v) is 33.5. The number of Topliss-reactive ketones (excluding diaryl/α,β-unsaturated/α-hetero) is 1. The molecule has 1 unspecified atom stereocenters. The number of carbonyl (C=O) groups excluding carboxylic acids is 4. The summed E-state index contributed by atoms with van der Waals surface area (Å²) in [6, 6.07) is -1.11. The van der Waals surface area contributed by atoms with Gasteiger partial charge in [-0.3, -0.25) is 19.7 Å². The van der Waals surface area contributed by atoms with E-state index in [9.17, 15) is 50.0 Å². The highest BCUT2D eigenvalue weighted by Gasteiger charge is 2.66. The van der Waals surface area contributed by atoms with Crippen molar-refractivity contribution in [2.75, 3.05) is 13.7 Å². The largest absolute Gasteiger partial charge is 0.511 e. The minimum absolute atomic E-state index is 0.0504. The highest BCUT2D eigenvalue weighted by molar-refractivity contribution is 6.26. The highest BCUT2D eigenvalue weighted by atomic mass is 16.8. The lowest BCUT2D eigenvalue weighted by atomic mass is 9.49. The summed E-state index contributed by atoms with van der Waals surface area (Å²) in [6.07, 6.45) is -5.00. The Hall–Kier alpha value is -4.52. The van der Waals surface area contributed by atoms with Crippen LogP contribution in [0.25, 0.3) is 0 Å². The number of ether oxygens (including phenoxy) is 13. The fourth-order valence-electron chi connectivity index (χ4n) is 17.4. The molecule has 4 aliphatic carbocycles. The minimum atomic E-state index is -2.06. The van der Waals surface area contributed by atoms with E-state index in [0.29, 0.717) is 37.7 Å². The molecule has 0 aromatic heterocycles. The van der Waals surface area contributed by atoms with Crippen molar-refractivity contribution >= 4 is 23.8 Å². The van der Waals surface area contributed by atoms with Gasteiger partial charge in [0.05, 0.1) is 86.6 Å². The number of hydrogen-bond donors (Lipinski definition) is 6. The van der Waals surface area contributed by atoms with Crippen LogP contribution in [-0.2, 0) is 76.0 Å². The number of fused-ring (bicyclic) bond motifs is 4. The molecule has 2 bridgehead atoms. The minimum Gasteiger partial charge on any atom is -0.511 e. The summed E-state index contributed by atoms with van der Waals surface area (Å²) in [7, 11) is 1.15. The predicted octanol–water partition coefficient (Wildman–Crippen LogP) is 6.23. The van der Waals surface area contributed by atoms with Gasteiger partial charge < -0.3 is 92.4 Å². The number of nitro groups is 1. The summed E-state index contributed by atoms with van der Waals surface area (Å²) in [5.41, 5.74) is -4.58. The van der Waals surface area contributed by atoms with Crippen LogP contribution in [-0.4, -0.2) is 202 Å². The Morgan fingerprint density at radius 1 is 0.699 bits per heavy atom. The molecule has 26 heteroatoms. The number of nitrogens with one attached hydrogen (secondary N) is 1. The van der Waals surface area contributed by atoms with Crippen LogP contribution in [0.1, 0.15) is 154 Å². The molecule has 30 atom stereocenters. The molecular formula is C67H100N2O24. The van der Waals surface area contributed by atoms with Crippen molar-refractivity contribution in [2.45, 2.75) is 288 Å². The van der Waals surface area contributed by atoms with E-state index in [0.717, 1.165) is 12.7 Å². The second-order valence-corrected chi connectivity index (χ2v) is 28.7. The van der Waals surface area contributed by atoms with Crippen LogP contribution in [0, 0.1) is 57.0 Å². The van der Waals surface area contributed by atoms with Gasteiger partial charge >= 0.3 is 18.0 Å². The normalized spacial score (nSPS) is 47.2. The molecule has 0 aromatic carbocycles. The standard InChI is InChI=1S/C67H100N2O24/c1-30-14-18-47(88-54-28-65(11,69(79)80)60(38(9)86-54)68-64(78)81-13)31(2)23-43-45(73)24-40(29-70)27-67(43)62(76)55(63(77)93-67)61(75)66(12)42(30)16-15-41-56(66)32(3)22-33(4)57(41)92-53-26-49(59(37(8)85-53)87-39(10)71)90-50-21-19-48(35(6)83-50)89-52-25-46(74)58(36(7)84-52)91-51-20-17-44(72)34(5)82-51/h14-16,23,32-38,40-54,56-60,70,72-75H,17-22,24-29H2,1-13H3,(H,68,78)/t32-,33-,34-,35-,36-,37-,38+,40+,41-,42-,43?,44+,45-,46+,47-,48+,49+,50-,51-,52+,53-,54-,56+,57-,58-,59-,60-,65-,66+,67-/m0/s1. The van der Waals surface area contributed by atoms with Crippen molar-refractivity contribution in [3.8, 4) is 0 Å². The zero-order valence-electron chi connectivity index (χ0n) is 55.8. The topological polar surface area (TPSA) is 345 Å². The monoisotopic (exact) mass is 1320 g/mol. The molecule has 6 aliphatic heterocycles. The number of aliphatic hydroxyl groups is 5. The average Bonchev–Trinajstić information content (AvgIpc) is 1.68. The second kappa shape index (κ2) is 28.5. The molecule has 0 aromatic rings. The van der Waals surface area contributed by atoms with Crippen LogP contribution in [0.5, 0.6) is 0 Å². The van der Waals surface area contributed by atoms with E-state index in [-0.39, 0.29) is 50.4 Å². The number of rotatable bonds is 14. The predicted molar refractivity (Wildman–Crippen MR) is 326 cm³/mol. The maximum atomic E-state index is 15.6. The van der Waals surface area contributed by atoms with Gasteiger partial charge in [-0.25, -0.2) is 9.59 Å². The molecule has 1 amide bonds. The van der Waals surface area contributed by atoms with Crippen molar-refractivity contribution in [1.29, 1.82) is 0 Å². The first-order valence-electron chi connectivity index (χ1n) is 33.5. The second-order valence-electron chi connectivity index (χ2n) is 28.7. The molecule has 0 radical (unpaired) electrons. The van der Waals surface area contributed by atoms with Gasteiger partial charge in [0.1, 0.15) is 29.6 Å². The number of nitrogens with zero attached hydrogens (tertiary/aromatic N) is 1. The fourth-order valence-corrected chi connectivity index (χ4v) is 17.4. The van der Waals surface area contributed by atoms with Gasteiger partial charge in [-0.2, -0.15) is 0 Å². The Bertz CT molecular complexity index is 2860. The first kappa shape index (κ1) is 71.3. The van der Waals surface area contributed by atoms with E-state index in [1.165, 1.54) is 13.8 Å². The van der Waals surface area contributed by atoms with Gasteiger partial charge in [0, 0.05) is 74.7 Å². The number of allylic oxidation sites excluding steroid dienone is 3. The van der Waals surface area contributed by atoms with Crippen molar-refractivity contribution in [2.24, 2.45) is 46.8 Å². The van der Waals surface area contributed by atoms with Crippen LogP contribution in [0.4, 0.5) is 4.79 Å². The summed E-state index contributed by atoms with van der Waals surface area (Å²) >= 11 is 0. The van der Waals surface area contributed by atoms with Crippen molar-refractivity contribution in [1.82, 2.24) is 5.32 Å². The molecule has 2 saturated carbocycles. The van der Waals surface area contributed by atoms with Crippen LogP contribution in [0.2, 0.25) is 0 Å². The zero-order chi connectivity index (χ0) is 67.5. The Morgan fingerprint density at radius 3 is 1.99 bits per heavy atom. The van der Waals surface area contributed by atoms with Crippen LogP contribution in [0.3, 0.4) is 0 Å². The molecule has 8 fully saturated rings. The molecule has 6 saturated heterocycles. The molecule has 10 aliphatic rings. The molecule has 10 rings (SSSR count). The summed E-state index contributed by atoms with van der Waals surface area (Å²) < 4.78 is 81.7. The third-order valence-corrected chi connectivity index (χ3v) is 22.2. The fraction of sp³-hybridized carbons (Fsp3) is 0.821. The van der Waals surface area contributed by atoms with Gasteiger partial charge in [0.15, 0.2) is 43.2 Å². The molecule has 522 valence electrons.